The second kappa shape index (κ2) is 5.00. The largest absolute Gasteiger partial charge is 0.308 e. The zero-order chi connectivity index (χ0) is 12.5. The molecular weight excluding hydrogens is 224 g/mol. The zero-order valence-electron chi connectivity index (χ0n) is 11.5. The quantitative estimate of drug-likeness (QED) is 0.869. The lowest BCUT2D eigenvalue weighted by Gasteiger charge is -2.22. The minimum Gasteiger partial charge on any atom is -0.308 e. The summed E-state index contributed by atoms with van der Waals surface area (Å²) in [7, 11) is 0. The van der Waals surface area contributed by atoms with Crippen LogP contribution in [0.2, 0.25) is 0 Å². The van der Waals surface area contributed by atoms with Crippen molar-refractivity contribution >= 4 is 0 Å². The van der Waals surface area contributed by atoms with E-state index in [1.54, 1.807) is 6.33 Å². The van der Waals surface area contributed by atoms with Gasteiger partial charge >= 0.3 is 0 Å². The van der Waals surface area contributed by atoms with Crippen molar-refractivity contribution in [1.82, 2.24) is 20.1 Å². The summed E-state index contributed by atoms with van der Waals surface area (Å²) in [5.74, 6) is 3.92. The normalized spacial score (nSPS) is 30.5. The Morgan fingerprint density at radius 1 is 1.39 bits per heavy atom. The van der Waals surface area contributed by atoms with E-state index in [4.69, 9.17) is 0 Å². The van der Waals surface area contributed by atoms with Crippen molar-refractivity contribution in [1.29, 1.82) is 0 Å². The van der Waals surface area contributed by atoms with E-state index in [9.17, 15) is 0 Å². The lowest BCUT2D eigenvalue weighted by atomic mass is 9.89. The molecule has 0 aliphatic heterocycles. The Hall–Kier alpha value is -0.900. The molecule has 100 valence electrons. The molecule has 2 bridgehead atoms. The molecule has 2 aliphatic carbocycles. The second-order valence-electron chi connectivity index (χ2n) is 6.33. The molecule has 1 N–H and O–H groups in total. The van der Waals surface area contributed by atoms with Crippen LogP contribution in [-0.2, 0) is 13.1 Å². The smallest absolute Gasteiger partial charge is 0.140 e. The van der Waals surface area contributed by atoms with Gasteiger partial charge < -0.3 is 5.32 Å². The third-order valence-corrected chi connectivity index (χ3v) is 4.66. The summed E-state index contributed by atoms with van der Waals surface area (Å²) >= 11 is 0. The average Bonchev–Trinajstić information content (AvgIpc) is 3.02. The van der Waals surface area contributed by atoms with Crippen LogP contribution in [0.3, 0.4) is 0 Å². The molecule has 0 amide bonds. The maximum atomic E-state index is 4.41. The predicted octanol–water partition coefficient (Wildman–Crippen LogP) is 2.21. The van der Waals surface area contributed by atoms with Crippen LogP contribution in [0.15, 0.2) is 6.33 Å². The molecule has 0 aromatic carbocycles. The molecule has 4 nitrogen and oxygen atoms in total. The van der Waals surface area contributed by atoms with Gasteiger partial charge in [-0.3, -0.25) is 0 Å². The van der Waals surface area contributed by atoms with Crippen molar-refractivity contribution in [3.05, 3.63) is 12.2 Å². The fourth-order valence-electron chi connectivity index (χ4n) is 3.70. The molecule has 0 radical (unpaired) electrons. The van der Waals surface area contributed by atoms with Gasteiger partial charge in [0.2, 0.25) is 0 Å². The fourth-order valence-corrected chi connectivity index (χ4v) is 3.70. The van der Waals surface area contributed by atoms with Gasteiger partial charge in [0.15, 0.2) is 0 Å². The molecule has 2 aliphatic rings. The molecular formula is C14H24N4. The van der Waals surface area contributed by atoms with E-state index in [1.165, 1.54) is 25.7 Å². The van der Waals surface area contributed by atoms with E-state index >= 15 is 0 Å². The van der Waals surface area contributed by atoms with Gasteiger partial charge in [-0.2, -0.15) is 5.10 Å². The van der Waals surface area contributed by atoms with Crippen LogP contribution in [0.4, 0.5) is 0 Å². The first kappa shape index (κ1) is 12.2. The van der Waals surface area contributed by atoms with Crippen molar-refractivity contribution < 1.29 is 0 Å². The maximum absolute atomic E-state index is 4.41. The van der Waals surface area contributed by atoms with Gasteiger partial charge in [-0.05, 0) is 37.0 Å². The third-order valence-electron chi connectivity index (χ3n) is 4.66. The summed E-state index contributed by atoms with van der Waals surface area (Å²) in [5.41, 5.74) is 0. The van der Waals surface area contributed by atoms with Crippen LogP contribution in [-0.4, -0.2) is 20.8 Å². The van der Waals surface area contributed by atoms with Crippen molar-refractivity contribution in [2.45, 2.75) is 58.7 Å². The van der Waals surface area contributed by atoms with Crippen LogP contribution < -0.4 is 5.32 Å². The highest BCUT2D eigenvalue weighted by molar-refractivity contribution is 4.92. The van der Waals surface area contributed by atoms with Crippen LogP contribution in [0.5, 0.6) is 0 Å². The Kier molecular flexibility index (Phi) is 3.37. The van der Waals surface area contributed by atoms with E-state index in [-0.39, 0.29) is 0 Å². The molecule has 18 heavy (non-hydrogen) atoms. The van der Waals surface area contributed by atoms with Crippen LogP contribution in [0.1, 0.15) is 45.4 Å². The van der Waals surface area contributed by atoms with Gasteiger partial charge in [0, 0.05) is 12.6 Å². The Balaban J connectivity index is 1.61. The number of rotatable bonds is 5. The van der Waals surface area contributed by atoms with Crippen molar-refractivity contribution in [2.75, 3.05) is 0 Å². The van der Waals surface area contributed by atoms with Gasteiger partial charge in [0.1, 0.15) is 12.2 Å². The Bertz CT molecular complexity index is 398. The number of hydrogen-bond donors (Lipinski definition) is 1. The highest BCUT2D eigenvalue weighted by Gasteiger charge is 2.39. The van der Waals surface area contributed by atoms with Crippen LogP contribution >= 0.6 is 0 Å². The summed E-state index contributed by atoms with van der Waals surface area (Å²) < 4.78 is 2.13. The first-order chi connectivity index (χ1) is 8.72. The SMILES string of the molecule is CC(C)NCc1ncnn1CC1CC2CCC1C2. The number of aromatic nitrogens is 3. The maximum Gasteiger partial charge on any atom is 0.140 e. The number of nitrogens with zero attached hydrogens (tertiary/aromatic N) is 3. The Morgan fingerprint density at radius 2 is 2.28 bits per heavy atom. The summed E-state index contributed by atoms with van der Waals surface area (Å²) in [6.07, 6.45) is 7.51. The molecule has 3 atom stereocenters. The van der Waals surface area contributed by atoms with E-state index in [2.05, 4.69) is 33.9 Å². The monoisotopic (exact) mass is 248 g/mol. The van der Waals surface area contributed by atoms with E-state index in [0.717, 1.165) is 36.7 Å². The molecule has 2 fully saturated rings. The topological polar surface area (TPSA) is 42.7 Å². The number of nitrogens with one attached hydrogen (secondary N) is 1. The van der Waals surface area contributed by atoms with Crippen molar-refractivity contribution in [2.24, 2.45) is 17.8 Å². The molecule has 1 aromatic heterocycles. The molecule has 3 unspecified atom stereocenters. The van der Waals surface area contributed by atoms with Gasteiger partial charge in [-0.15, -0.1) is 0 Å². The summed E-state index contributed by atoms with van der Waals surface area (Å²) in [5, 5.41) is 7.83. The molecule has 2 saturated carbocycles. The van der Waals surface area contributed by atoms with Crippen LogP contribution in [0, 0.1) is 17.8 Å². The summed E-state index contributed by atoms with van der Waals surface area (Å²) in [6.45, 7) is 6.24. The van der Waals surface area contributed by atoms with Gasteiger partial charge in [-0.25, -0.2) is 9.67 Å². The predicted molar refractivity (Wildman–Crippen MR) is 70.9 cm³/mol. The molecule has 0 spiro atoms. The van der Waals surface area contributed by atoms with E-state index < -0.39 is 0 Å². The molecule has 0 saturated heterocycles. The third kappa shape index (κ3) is 2.44. The average molecular weight is 248 g/mol. The molecule has 3 rings (SSSR count). The van der Waals surface area contributed by atoms with Crippen LogP contribution in [0.25, 0.3) is 0 Å². The van der Waals surface area contributed by atoms with Crippen molar-refractivity contribution in [3.8, 4) is 0 Å². The summed E-state index contributed by atoms with van der Waals surface area (Å²) in [4.78, 5) is 4.38. The first-order valence-electron chi connectivity index (χ1n) is 7.32. The highest BCUT2D eigenvalue weighted by atomic mass is 15.3. The van der Waals surface area contributed by atoms with Crippen molar-refractivity contribution in [3.63, 3.8) is 0 Å². The molecule has 4 heteroatoms. The Labute approximate surface area is 109 Å². The first-order valence-corrected chi connectivity index (χ1v) is 7.32. The zero-order valence-corrected chi connectivity index (χ0v) is 11.5. The molecule has 1 aromatic rings. The lowest BCUT2D eigenvalue weighted by Crippen LogP contribution is -2.26. The van der Waals surface area contributed by atoms with Gasteiger partial charge in [0.05, 0.1) is 6.54 Å². The van der Waals surface area contributed by atoms with Gasteiger partial charge in [-0.1, -0.05) is 20.3 Å². The minimum atomic E-state index is 0.498. The number of fused-ring (bicyclic) bond motifs is 2. The minimum absolute atomic E-state index is 0.498. The highest BCUT2D eigenvalue weighted by Crippen LogP contribution is 2.48. The standard InChI is InChI=1S/C14H24N4/c1-10(2)15-7-14-16-9-17-18(14)8-13-6-11-3-4-12(13)5-11/h9-13,15H,3-8H2,1-2H3. The van der Waals surface area contributed by atoms with E-state index in [1.807, 2.05) is 0 Å². The second-order valence-corrected chi connectivity index (χ2v) is 6.33. The molecule has 1 heterocycles. The number of hydrogen-bond acceptors (Lipinski definition) is 3. The van der Waals surface area contributed by atoms with Gasteiger partial charge in [0.25, 0.3) is 0 Å². The fraction of sp³-hybridized carbons (Fsp3) is 0.857. The lowest BCUT2D eigenvalue weighted by molar-refractivity contribution is 0.280. The van der Waals surface area contributed by atoms with E-state index in [0.29, 0.717) is 6.04 Å². The Morgan fingerprint density at radius 3 is 2.94 bits per heavy atom. The summed E-state index contributed by atoms with van der Waals surface area (Å²) in [6, 6.07) is 0.498.